The van der Waals surface area contributed by atoms with Gasteiger partial charge >= 0.3 is 0 Å². The molecule has 1 aromatic heterocycles. The van der Waals surface area contributed by atoms with Gasteiger partial charge in [-0.1, -0.05) is 26.7 Å². The molecule has 0 aromatic carbocycles. The molecule has 1 aliphatic rings. The molecule has 2 unspecified atom stereocenters. The van der Waals surface area contributed by atoms with Crippen LogP contribution in [0.25, 0.3) is 0 Å². The molecule has 1 saturated carbocycles. The zero-order valence-electron chi connectivity index (χ0n) is 12.0. The smallest absolute Gasteiger partial charge is 0.135 e. The quantitative estimate of drug-likeness (QED) is 0.779. The van der Waals surface area contributed by atoms with Crippen molar-refractivity contribution < 1.29 is 5.11 Å². The van der Waals surface area contributed by atoms with E-state index in [2.05, 4.69) is 34.4 Å². The Morgan fingerprint density at radius 2 is 1.89 bits per heavy atom. The molecule has 1 heterocycles. The van der Waals surface area contributed by atoms with Gasteiger partial charge in [-0.05, 0) is 18.8 Å². The highest BCUT2D eigenvalue weighted by atomic mass is 16.3. The predicted molar refractivity (Wildman–Crippen MR) is 77.6 cm³/mol. The molecule has 5 heteroatoms. The van der Waals surface area contributed by atoms with Crippen molar-refractivity contribution in [2.75, 3.05) is 17.7 Å². The summed E-state index contributed by atoms with van der Waals surface area (Å²) >= 11 is 0. The van der Waals surface area contributed by atoms with Gasteiger partial charge < -0.3 is 15.7 Å². The van der Waals surface area contributed by atoms with Crippen LogP contribution in [0.15, 0.2) is 6.33 Å². The van der Waals surface area contributed by atoms with E-state index in [0.29, 0.717) is 5.92 Å². The fourth-order valence-electron chi connectivity index (χ4n) is 2.71. The number of aliphatic hydroxyl groups is 1. The topological polar surface area (TPSA) is 70.1 Å². The van der Waals surface area contributed by atoms with Crippen LogP contribution in [0.3, 0.4) is 0 Å². The molecule has 2 rings (SSSR count). The minimum atomic E-state index is -0.276. The van der Waals surface area contributed by atoms with E-state index in [1.165, 1.54) is 0 Å². The highest BCUT2D eigenvalue weighted by Crippen LogP contribution is 2.30. The van der Waals surface area contributed by atoms with Crippen molar-refractivity contribution in [3.05, 3.63) is 11.9 Å². The van der Waals surface area contributed by atoms with E-state index >= 15 is 0 Å². The average Bonchev–Trinajstić information content (AvgIpc) is 2.40. The fourth-order valence-corrected chi connectivity index (χ4v) is 2.71. The Bertz CT molecular complexity index is 422. The van der Waals surface area contributed by atoms with Gasteiger partial charge in [-0.2, -0.15) is 0 Å². The summed E-state index contributed by atoms with van der Waals surface area (Å²) in [7, 11) is 1.87. The van der Waals surface area contributed by atoms with E-state index < -0.39 is 0 Å². The number of rotatable bonds is 4. The second-order valence-corrected chi connectivity index (χ2v) is 5.49. The van der Waals surface area contributed by atoms with Crippen LogP contribution in [0, 0.1) is 0 Å². The lowest BCUT2D eigenvalue weighted by atomic mass is 9.92. The Morgan fingerprint density at radius 3 is 2.53 bits per heavy atom. The molecule has 0 aliphatic heterocycles. The van der Waals surface area contributed by atoms with Crippen LogP contribution in [0.2, 0.25) is 0 Å². The van der Waals surface area contributed by atoms with E-state index in [9.17, 15) is 5.11 Å². The Kier molecular flexibility index (Phi) is 4.58. The van der Waals surface area contributed by atoms with Crippen molar-refractivity contribution in [1.29, 1.82) is 0 Å². The molecule has 2 atom stereocenters. The Morgan fingerprint density at radius 1 is 1.21 bits per heavy atom. The van der Waals surface area contributed by atoms with Crippen LogP contribution < -0.4 is 10.6 Å². The van der Waals surface area contributed by atoms with Crippen molar-refractivity contribution >= 4 is 11.6 Å². The normalized spacial score (nSPS) is 23.4. The summed E-state index contributed by atoms with van der Waals surface area (Å²) < 4.78 is 0. The van der Waals surface area contributed by atoms with Crippen molar-refractivity contribution in [2.45, 2.75) is 57.6 Å². The molecule has 1 aromatic rings. The summed E-state index contributed by atoms with van der Waals surface area (Å²) in [5.41, 5.74) is 1.09. The highest BCUT2D eigenvalue weighted by Gasteiger charge is 2.25. The molecule has 0 spiro atoms. The minimum Gasteiger partial charge on any atom is -0.391 e. The van der Waals surface area contributed by atoms with Crippen LogP contribution in [0.1, 0.15) is 51.0 Å². The van der Waals surface area contributed by atoms with Crippen molar-refractivity contribution in [1.82, 2.24) is 9.97 Å². The maximum absolute atomic E-state index is 10.1. The van der Waals surface area contributed by atoms with Gasteiger partial charge in [-0.15, -0.1) is 0 Å². The van der Waals surface area contributed by atoms with Gasteiger partial charge in [0.1, 0.15) is 18.0 Å². The van der Waals surface area contributed by atoms with Crippen LogP contribution in [-0.2, 0) is 0 Å². The first-order chi connectivity index (χ1) is 9.13. The first-order valence-corrected chi connectivity index (χ1v) is 7.10. The summed E-state index contributed by atoms with van der Waals surface area (Å²) in [4.78, 5) is 8.63. The van der Waals surface area contributed by atoms with Gasteiger partial charge in [0, 0.05) is 12.6 Å². The highest BCUT2D eigenvalue weighted by molar-refractivity contribution is 5.59. The molecule has 1 fully saturated rings. The number of aliphatic hydroxyl groups excluding tert-OH is 1. The molecule has 0 amide bonds. The van der Waals surface area contributed by atoms with E-state index in [-0.39, 0.29) is 12.1 Å². The predicted octanol–water partition coefficient (Wildman–Crippen LogP) is 2.36. The molecular weight excluding hydrogens is 240 g/mol. The number of aromatic nitrogens is 2. The molecule has 106 valence electrons. The monoisotopic (exact) mass is 264 g/mol. The van der Waals surface area contributed by atoms with Crippen LogP contribution in [0.4, 0.5) is 11.6 Å². The zero-order valence-corrected chi connectivity index (χ0v) is 12.0. The third kappa shape index (κ3) is 3.15. The number of hydrogen-bond donors (Lipinski definition) is 3. The van der Waals surface area contributed by atoms with Crippen molar-refractivity contribution in [3.63, 3.8) is 0 Å². The van der Waals surface area contributed by atoms with E-state index in [0.717, 1.165) is 42.9 Å². The number of hydrogen-bond acceptors (Lipinski definition) is 5. The number of nitrogens with zero attached hydrogens (tertiary/aromatic N) is 2. The van der Waals surface area contributed by atoms with Crippen LogP contribution in [-0.4, -0.2) is 34.3 Å². The molecule has 5 nitrogen and oxygen atoms in total. The average molecular weight is 264 g/mol. The van der Waals surface area contributed by atoms with Crippen molar-refractivity contribution in [3.8, 4) is 0 Å². The number of anilines is 2. The van der Waals surface area contributed by atoms with Crippen LogP contribution >= 0.6 is 0 Å². The molecule has 0 saturated heterocycles. The lowest BCUT2D eigenvalue weighted by Gasteiger charge is -2.30. The third-order valence-electron chi connectivity index (χ3n) is 3.75. The largest absolute Gasteiger partial charge is 0.391 e. The number of nitrogens with one attached hydrogen (secondary N) is 2. The van der Waals surface area contributed by atoms with E-state index in [1.54, 1.807) is 6.33 Å². The second kappa shape index (κ2) is 6.19. The van der Waals surface area contributed by atoms with Gasteiger partial charge in [0.2, 0.25) is 0 Å². The summed E-state index contributed by atoms with van der Waals surface area (Å²) in [5, 5.41) is 16.6. The summed E-state index contributed by atoms with van der Waals surface area (Å²) in [6, 6.07) is 0.103. The van der Waals surface area contributed by atoms with Crippen LogP contribution in [0.5, 0.6) is 0 Å². The van der Waals surface area contributed by atoms with Gasteiger partial charge in [-0.25, -0.2) is 9.97 Å². The SMILES string of the molecule is CNc1ncnc(NC2CCCCC2O)c1C(C)C. The van der Waals surface area contributed by atoms with Gasteiger partial charge in [0.15, 0.2) is 0 Å². The fraction of sp³-hybridized carbons (Fsp3) is 0.714. The standard InChI is InChI=1S/C14H24N4O/c1-9(2)12-13(15-3)16-8-17-14(12)18-10-6-4-5-7-11(10)19/h8-11,19H,4-7H2,1-3H3,(H2,15,16,17,18). The second-order valence-electron chi connectivity index (χ2n) is 5.49. The minimum absolute atomic E-state index is 0.103. The molecular formula is C14H24N4O. The third-order valence-corrected chi connectivity index (χ3v) is 3.75. The van der Waals surface area contributed by atoms with E-state index in [1.807, 2.05) is 7.05 Å². The zero-order chi connectivity index (χ0) is 13.8. The van der Waals surface area contributed by atoms with E-state index in [4.69, 9.17) is 0 Å². The first-order valence-electron chi connectivity index (χ1n) is 7.10. The summed E-state index contributed by atoms with van der Waals surface area (Å²) in [6.07, 6.45) is 5.44. The first kappa shape index (κ1) is 14.1. The Hall–Kier alpha value is -1.36. The molecule has 1 aliphatic carbocycles. The lowest BCUT2D eigenvalue weighted by Crippen LogP contribution is -2.37. The Balaban J connectivity index is 2.23. The van der Waals surface area contributed by atoms with Crippen molar-refractivity contribution in [2.24, 2.45) is 0 Å². The molecule has 19 heavy (non-hydrogen) atoms. The van der Waals surface area contributed by atoms with Gasteiger partial charge in [0.25, 0.3) is 0 Å². The summed E-state index contributed by atoms with van der Waals surface area (Å²) in [6.45, 7) is 4.25. The lowest BCUT2D eigenvalue weighted by molar-refractivity contribution is 0.116. The Labute approximate surface area is 114 Å². The molecule has 0 bridgehead atoms. The molecule has 0 radical (unpaired) electrons. The maximum atomic E-state index is 10.1. The molecule has 3 N–H and O–H groups in total. The van der Waals surface area contributed by atoms with Gasteiger partial charge in [-0.3, -0.25) is 0 Å². The van der Waals surface area contributed by atoms with Gasteiger partial charge in [0.05, 0.1) is 12.1 Å². The summed E-state index contributed by atoms with van der Waals surface area (Å²) in [5.74, 6) is 2.03. The maximum Gasteiger partial charge on any atom is 0.135 e.